The Kier molecular flexibility index (Phi) is 3.15. The van der Waals surface area contributed by atoms with Crippen LogP contribution in [0.3, 0.4) is 0 Å². The Morgan fingerprint density at radius 3 is 2.38 bits per heavy atom. The van der Waals surface area contributed by atoms with Crippen molar-refractivity contribution in [3.63, 3.8) is 0 Å². The number of benzene rings is 1. The third kappa shape index (κ3) is 2.67. The predicted molar refractivity (Wildman–Crippen MR) is 50.6 cm³/mol. The van der Waals surface area contributed by atoms with Gasteiger partial charge in [-0.3, -0.25) is 9.59 Å². The van der Waals surface area contributed by atoms with E-state index in [1.54, 1.807) is 24.3 Å². The highest BCUT2D eigenvalue weighted by Crippen LogP contribution is 2.03. The van der Waals surface area contributed by atoms with Crippen LogP contribution in [0, 0.1) is 0 Å². The fourth-order valence-corrected chi connectivity index (χ4v) is 0.957. The monoisotopic (exact) mass is 174 g/mol. The Labute approximate surface area is 76.9 Å². The Morgan fingerprint density at radius 1 is 1.23 bits per heavy atom. The summed E-state index contributed by atoms with van der Waals surface area (Å²) in [6, 6.07) is 8.75. The zero-order chi connectivity index (χ0) is 9.68. The van der Waals surface area contributed by atoms with Crippen LogP contribution in [0.1, 0.15) is 16.8 Å². The molecule has 1 aromatic rings. The van der Waals surface area contributed by atoms with Gasteiger partial charge in [-0.05, 0) is 6.08 Å². The van der Waals surface area contributed by atoms with Crippen LogP contribution in [0.15, 0.2) is 43.0 Å². The van der Waals surface area contributed by atoms with Crippen LogP contribution in [-0.2, 0) is 4.79 Å². The van der Waals surface area contributed by atoms with Crippen molar-refractivity contribution in [3.8, 4) is 0 Å². The van der Waals surface area contributed by atoms with Gasteiger partial charge >= 0.3 is 0 Å². The van der Waals surface area contributed by atoms with Gasteiger partial charge in [0.2, 0.25) is 0 Å². The normalized spacial score (nSPS) is 9.23. The molecule has 0 amide bonds. The van der Waals surface area contributed by atoms with Gasteiger partial charge in [0.05, 0.1) is 6.42 Å². The maximum absolute atomic E-state index is 11.3. The van der Waals surface area contributed by atoms with E-state index in [1.165, 1.54) is 6.08 Å². The molecule has 0 atom stereocenters. The summed E-state index contributed by atoms with van der Waals surface area (Å²) in [5, 5.41) is 0. The van der Waals surface area contributed by atoms with E-state index in [0.29, 0.717) is 5.56 Å². The summed E-state index contributed by atoms with van der Waals surface area (Å²) in [4.78, 5) is 22.2. The second-order valence-corrected chi connectivity index (χ2v) is 2.64. The molecule has 0 aliphatic carbocycles. The Bertz CT molecular complexity index is 325. The molecule has 0 fully saturated rings. The van der Waals surface area contributed by atoms with Gasteiger partial charge in [-0.25, -0.2) is 0 Å². The van der Waals surface area contributed by atoms with Crippen LogP contribution in [0.5, 0.6) is 0 Å². The number of rotatable bonds is 4. The standard InChI is InChI=1S/C11H10O2/c1-2-10(12)8-11(13)9-6-4-3-5-7-9/h2-7H,1,8H2. The fourth-order valence-electron chi connectivity index (χ4n) is 0.957. The van der Waals surface area contributed by atoms with E-state index in [1.807, 2.05) is 6.07 Å². The van der Waals surface area contributed by atoms with Crippen LogP contribution in [0.25, 0.3) is 0 Å². The first kappa shape index (κ1) is 9.39. The highest BCUT2D eigenvalue weighted by Gasteiger charge is 2.07. The van der Waals surface area contributed by atoms with Gasteiger partial charge in [0, 0.05) is 5.56 Å². The first-order chi connectivity index (χ1) is 6.24. The van der Waals surface area contributed by atoms with Crippen molar-refractivity contribution in [3.05, 3.63) is 48.6 Å². The lowest BCUT2D eigenvalue weighted by molar-refractivity contribution is -0.113. The minimum absolute atomic E-state index is 0.0898. The number of hydrogen-bond donors (Lipinski definition) is 0. The smallest absolute Gasteiger partial charge is 0.170 e. The van der Waals surface area contributed by atoms with Crippen molar-refractivity contribution in [2.24, 2.45) is 0 Å². The van der Waals surface area contributed by atoms with E-state index in [-0.39, 0.29) is 18.0 Å². The third-order valence-electron chi connectivity index (χ3n) is 1.66. The van der Waals surface area contributed by atoms with Gasteiger partial charge in [0.1, 0.15) is 0 Å². The molecule has 0 aliphatic heterocycles. The molecule has 0 aromatic heterocycles. The number of Topliss-reactive ketones (excluding diaryl/α,β-unsaturated/α-hetero) is 1. The molecule has 1 aromatic carbocycles. The maximum Gasteiger partial charge on any atom is 0.170 e. The minimum Gasteiger partial charge on any atom is -0.294 e. The number of carbonyl (C=O) groups excluding carboxylic acids is 2. The molecule has 2 nitrogen and oxygen atoms in total. The SMILES string of the molecule is C=CC(=O)CC(=O)c1ccccc1. The fraction of sp³-hybridized carbons (Fsp3) is 0.0909. The molecule has 0 bridgehead atoms. The minimum atomic E-state index is -0.242. The molecule has 0 heterocycles. The number of allylic oxidation sites excluding steroid dienone is 1. The molecular weight excluding hydrogens is 164 g/mol. The summed E-state index contributed by atoms with van der Waals surface area (Å²) in [5.41, 5.74) is 0.567. The predicted octanol–water partition coefficient (Wildman–Crippen LogP) is 2.01. The van der Waals surface area contributed by atoms with Crippen molar-refractivity contribution >= 4 is 11.6 Å². The number of hydrogen-bond acceptors (Lipinski definition) is 2. The van der Waals surface area contributed by atoms with Gasteiger partial charge in [0.25, 0.3) is 0 Å². The highest BCUT2D eigenvalue weighted by atomic mass is 16.1. The van der Waals surface area contributed by atoms with E-state index >= 15 is 0 Å². The molecular formula is C11H10O2. The molecule has 0 spiro atoms. The Hall–Kier alpha value is -1.70. The molecule has 13 heavy (non-hydrogen) atoms. The van der Waals surface area contributed by atoms with Gasteiger partial charge in [-0.1, -0.05) is 36.9 Å². The van der Waals surface area contributed by atoms with Crippen molar-refractivity contribution in [2.45, 2.75) is 6.42 Å². The second-order valence-electron chi connectivity index (χ2n) is 2.64. The topological polar surface area (TPSA) is 34.1 Å². The Balaban J connectivity index is 2.70. The van der Waals surface area contributed by atoms with Crippen LogP contribution in [0.4, 0.5) is 0 Å². The summed E-state index contributed by atoms with van der Waals surface area (Å²) >= 11 is 0. The lowest BCUT2D eigenvalue weighted by Gasteiger charge is -1.96. The van der Waals surface area contributed by atoms with Gasteiger partial charge < -0.3 is 0 Å². The van der Waals surface area contributed by atoms with Crippen molar-refractivity contribution < 1.29 is 9.59 Å². The lowest BCUT2D eigenvalue weighted by atomic mass is 10.1. The summed E-state index contributed by atoms with van der Waals surface area (Å²) in [6.07, 6.45) is 1.08. The summed E-state index contributed by atoms with van der Waals surface area (Å²) in [6.45, 7) is 3.31. The average Bonchev–Trinajstić information content (AvgIpc) is 2.19. The van der Waals surface area contributed by atoms with Crippen molar-refractivity contribution in [2.75, 3.05) is 0 Å². The lowest BCUT2D eigenvalue weighted by Crippen LogP contribution is -2.05. The van der Waals surface area contributed by atoms with E-state index < -0.39 is 0 Å². The van der Waals surface area contributed by atoms with Crippen molar-refractivity contribution in [1.29, 1.82) is 0 Å². The van der Waals surface area contributed by atoms with Gasteiger partial charge in [0.15, 0.2) is 11.6 Å². The van der Waals surface area contributed by atoms with Gasteiger partial charge in [-0.15, -0.1) is 0 Å². The maximum atomic E-state index is 11.3. The summed E-state index contributed by atoms with van der Waals surface area (Å²) in [7, 11) is 0. The van der Waals surface area contributed by atoms with Crippen LogP contribution in [-0.4, -0.2) is 11.6 Å². The van der Waals surface area contributed by atoms with Crippen molar-refractivity contribution in [1.82, 2.24) is 0 Å². The van der Waals surface area contributed by atoms with E-state index in [2.05, 4.69) is 6.58 Å². The number of ketones is 2. The van der Waals surface area contributed by atoms with Crippen LogP contribution < -0.4 is 0 Å². The first-order valence-electron chi connectivity index (χ1n) is 3.97. The molecule has 1 rings (SSSR count). The number of carbonyl (C=O) groups is 2. The van der Waals surface area contributed by atoms with Crippen LogP contribution in [0.2, 0.25) is 0 Å². The zero-order valence-corrected chi connectivity index (χ0v) is 7.19. The van der Waals surface area contributed by atoms with Gasteiger partial charge in [-0.2, -0.15) is 0 Å². The summed E-state index contributed by atoms with van der Waals surface area (Å²) in [5.74, 6) is -0.403. The zero-order valence-electron chi connectivity index (χ0n) is 7.19. The first-order valence-corrected chi connectivity index (χ1v) is 3.97. The molecule has 0 saturated carbocycles. The molecule has 0 N–H and O–H groups in total. The molecule has 0 aliphatic rings. The van der Waals surface area contributed by atoms with E-state index in [0.717, 1.165) is 0 Å². The molecule has 0 saturated heterocycles. The molecule has 0 radical (unpaired) electrons. The largest absolute Gasteiger partial charge is 0.294 e. The second kappa shape index (κ2) is 4.36. The summed E-state index contributed by atoms with van der Waals surface area (Å²) < 4.78 is 0. The average molecular weight is 174 g/mol. The van der Waals surface area contributed by atoms with E-state index in [9.17, 15) is 9.59 Å². The molecule has 66 valence electrons. The molecule has 2 heteroatoms. The quantitative estimate of drug-likeness (QED) is 0.397. The van der Waals surface area contributed by atoms with Crippen LogP contribution >= 0.6 is 0 Å². The molecule has 0 unspecified atom stereocenters. The Morgan fingerprint density at radius 2 is 1.85 bits per heavy atom. The third-order valence-corrected chi connectivity index (χ3v) is 1.66. The van der Waals surface area contributed by atoms with E-state index in [4.69, 9.17) is 0 Å². The highest BCUT2D eigenvalue weighted by molar-refractivity contribution is 6.11.